The number of carbonyl (C=O) groups excluding carboxylic acids is 2. The lowest BCUT2D eigenvalue weighted by Crippen LogP contribution is -2.29. The SMILES string of the molecule is Cc1cncc(C(=O)NCc2cccc(OCCCc3cncc(C(=O)N(C)CCc4ccccn4)c3)c2)c1. The summed E-state index contributed by atoms with van der Waals surface area (Å²) in [6, 6.07) is 17.2. The fourth-order valence-corrected chi connectivity index (χ4v) is 4.07. The maximum absolute atomic E-state index is 12.9. The number of aryl methyl sites for hydroxylation is 2. The molecule has 0 fully saturated rings. The van der Waals surface area contributed by atoms with Crippen LogP contribution in [-0.2, 0) is 19.4 Å². The van der Waals surface area contributed by atoms with E-state index in [9.17, 15) is 9.59 Å². The summed E-state index contributed by atoms with van der Waals surface area (Å²) in [4.78, 5) is 39.6. The van der Waals surface area contributed by atoms with Crippen LogP contribution in [0.4, 0.5) is 0 Å². The number of hydrogen-bond donors (Lipinski definition) is 1. The van der Waals surface area contributed by atoms with E-state index in [-0.39, 0.29) is 11.8 Å². The first-order chi connectivity index (χ1) is 19.0. The second kappa shape index (κ2) is 13.8. The number of pyridine rings is 3. The van der Waals surface area contributed by atoms with Crippen LogP contribution in [0, 0.1) is 6.92 Å². The van der Waals surface area contributed by atoms with Crippen molar-refractivity contribution in [1.82, 2.24) is 25.2 Å². The number of nitrogens with one attached hydrogen (secondary N) is 1. The van der Waals surface area contributed by atoms with Crippen molar-refractivity contribution < 1.29 is 14.3 Å². The number of carbonyl (C=O) groups is 2. The molecule has 200 valence electrons. The fraction of sp³-hybridized carbons (Fsp3) is 0.258. The van der Waals surface area contributed by atoms with Gasteiger partial charge in [-0.3, -0.25) is 24.5 Å². The normalized spacial score (nSPS) is 10.6. The molecular weight excluding hydrogens is 490 g/mol. The van der Waals surface area contributed by atoms with Crippen LogP contribution >= 0.6 is 0 Å². The molecule has 0 spiro atoms. The average Bonchev–Trinajstić information content (AvgIpc) is 2.97. The van der Waals surface area contributed by atoms with Crippen molar-refractivity contribution in [3.8, 4) is 5.75 Å². The van der Waals surface area contributed by atoms with Gasteiger partial charge in [0.05, 0.1) is 17.7 Å². The highest BCUT2D eigenvalue weighted by Gasteiger charge is 2.13. The highest BCUT2D eigenvalue weighted by atomic mass is 16.5. The van der Waals surface area contributed by atoms with Crippen LogP contribution in [0.15, 0.2) is 85.6 Å². The summed E-state index contributed by atoms with van der Waals surface area (Å²) in [7, 11) is 1.80. The number of nitrogens with zero attached hydrogens (tertiary/aromatic N) is 4. The second-order valence-electron chi connectivity index (χ2n) is 9.41. The lowest BCUT2D eigenvalue weighted by Gasteiger charge is -2.17. The summed E-state index contributed by atoms with van der Waals surface area (Å²) in [5.74, 6) is 0.529. The molecule has 0 radical (unpaired) electrons. The van der Waals surface area contributed by atoms with Gasteiger partial charge in [0.2, 0.25) is 0 Å². The van der Waals surface area contributed by atoms with Crippen LogP contribution in [-0.4, -0.2) is 51.9 Å². The molecule has 3 aromatic heterocycles. The van der Waals surface area contributed by atoms with Gasteiger partial charge in [0, 0.05) is 63.2 Å². The van der Waals surface area contributed by atoms with Crippen LogP contribution in [0.2, 0.25) is 0 Å². The Hall–Kier alpha value is -4.59. The molecule has 0 atom stereocenters. The van der Waals surface area contributed by atoms with Crippen LogP contribution < -0.4 is 10.1 Å². The molecule has 0 unspecified atom stereocenters. The number of likely N-dealkylation sites (N-methyl/N-ethyl adjacent to an activating group) is 1. The van der Waals surface area contributed by atoms with Crippen molar-refractivity contribution in [2.24, 2.45) is 0 Å². The molecule has 8 heteroatoms. The first kappa shape index (κ1) is 27.4. The van der Waals surface area contributed by atoms with Crippen LogP contribution in [0.5, 0.6) is 5.75 Å². The Labute approximate surface area is 229 Å². The first-order valence-corrected chi connectivity index (χ1v) is 13.0. The van der Waals surface area contributed by atoms with Crippen molar-refractivity contribution in [1.29, 1.82) is 0 Å². The van der Waals surface area contributed by atoms with Gasteiger partial charge in [-0.25, -0.2) is 0 Å². The predicted octanol–water partition coefficient (Wildman–Crippen LogP) is 4.44. The van der Waals surface area contributed by atoms with Gasteiger partial charge in [-0.1, -0.05) is 18.2 Å². The third kappa shape index (κ3) is 8.46. The van der Waals surface area contributed by atoms with Gasteiger partial charge in [0.25, 0.3) is 11.8 Å². The highest BCUT2D eigenvalue weighted by Crippen LogP contribution is 2.15. The number of aromatic nitrogens is 3. The largest absolute Gasteiger partial charge is 0.494 e. The lowest BCUT2D eigenvalue weighted by molar-refractivity contribution is 0.0795. The molecule has 0 saturated heterocycles. The molecule has 2 amide bonds. The summed E-state index contributed by atoms with van der Waals surface area (Å²) in [6.07, 6.45) is 10.7. The maximum Gasteiger partial charge on any atom is 0.255 e. The van der Waals surface area contributed by atoms with E-state index in [1.54, 1.807) is 42.9 Å². The van der Waals surface area contributed by atoms with E-state index in [2.05, 4.69) is 20.3 Å². The Morgan fingerprint density at radius 1 is 0.897 bits per heavy atom. The van der Waals surface area contributed by atoms with E-state index in [0.717, 1.165) is 41.0 Å². The van der Waals surface area contributed by atoms with E-state index >= 15 is 0 Å². The lowest BCUT2D eigenvalue weighted by atomic mass is 10.1. The minimum atomic E-state index is -0.161. The van der Waals surface area contributed by atoms with Gasteiger partial charge in [-0.2, -0.15) is 0 Å². The zero-order valence-electron chi connectivity index (χ0n) is 22.3. The third-order valence-electron chi connectivity index (χ3n) is 6.19. The van der Waals surface area contributed by atoms with Crippen molar-refractivity contribution in [3.63, 3.8) is 0 Å². The molecule has 0 aliphatic rings. The smallest absolute Gasteiger partial charge is 0.255 e. The summed E-state index contributed by atoms with van der Waals surface area (Å²) >= 11 is 0. The molecule has 8 nitrogen and oxygen atoms in total. The number of benzene rings is 1. The van der Waals surface area contributed by atoms with Crippen LogP contribution in [0.3, 0.4) is 0 Å². The van der Waals surface area contributed by atoms with Crippen molar-refractivity contribution in [3.05, 3.63) is 119 Å². The topological polar surface area (TPSA) is 97.3 Å². The van der Waals surface area contributed by atoms with Gasteiger partial charge in [-0.15, -0.1) is 0 Å². The van der Waals surface area contributed by atoms with E-state index in [0.29, 0.717) is 37.2 Å². The van der Waals surface area contributed by atoms with Crippen molar-refractivity contribution >= 4 is 11.8 Å². The van der Waals surface area contributed by atoms with E-state index in [1.807, 2.05) is 61.5 Å². The minimum Gasteiger partial charge on any atom is -0.494 e. The van der Waals surface area contributed by atoms with Gasteiger partial charge >= 0.3 is 0 Å². The number of amides is 2. The zero-order valence-corrected chi connectivity index (χ0v) is 22.3. The Bertz CT molecular complexity index is 1390. The second-order valence-corrected chi connectivity index (χ2v) is 9.41. The first-order valence-electron chi connectivity index (χ1n) is 13.0. The van der Waals surface area contributed by atoms with E-state index in [1.165, 1.54) is 0 Å². The summed E-state index contributed by atoms with van der Waals surface area (Å²) in [5, 5.41) is 2.92. The molecule has 1 N–H and O–H groups in total. The monoisotopic (exact) mass is 523 g/mol. The standard InChI is InChI=1S/C31H33N5O3/c1-23-15-26(21-32-18-23)30(37)35-20-25-7-5-10-29(17-25)39-14-6-8-24-16-27(22-33-19-24)31(38)36(2)13-11-28-9-3-4-12-34-28/h3-5,7,9-10,12,15-19,21-22H,6,8,11,13-14,20H2,1-2H3,(H,35,37). The van der Waals surface area contributed by atoms with Crippen molar-refractivity contribution in [2.45, 2.75) is 32.7 Å². The molecule has 39 heavy (non-hydrogen) atoms. The maximum atomic E-state index is 12.9. The summed E-state index contributed by atoms with van der Waals surface area (Å²) in [5.41, 5.74) is 4.95. The zero-order chi connectivity index (χ0) is 27.5. The van der Waals surface area contributed by atoms with Gasteiger partial charge < -0.3 is 15.0 Å². The van der Waals surface area contributed by atoms with Gasteiger partial charge in [0.15, 0.2) is 0 Å². The Kier molecular flexibility index (Phi) is 9.72. The van der Waals surface area contributed by atoms with E-state index < -0.39 is 0 Å². The molecule has 0 aliphatic heterocycles. The Morgan fingerprint density at radius 2 is 1.74 bits per heavy atom. The summed E-state index contributed by atoms with van der Waals surface area (Å²) in [6.45, 7) is 3.40. The molecule has 0 aliphatic carbocycles. The summed E-state index contributed by atoms with van der Waals surface area (Å²) < 4.78 is 5.94. The Balaban J connectivity index is 1.21. The molecule has 0 bridgehead atoms. The highest BCUT2D eigenvalue weighted by molar-refractivity contribution is 5.94. The van der Waals surface area contributed by atoms with Crippen molar-refractivity contribution in [2.75, 3.05) is 20.2 Å². The average molecular weight is 524 g/mol. The molecule has 0 saturated carbocycles. The van der Waals surface area contributed by atoms with Crippen LogP contribution in [0.1, 0.15) is 49.5 Å². The number of ether oxygens (including phenoxy) is 1. The van der Waals surface area contributed by atoms with Gasteiger partial charge in [0.1, 0.15) is 5.75 Å². The molecule has 3 heterocycles. The minimum absolute atomic E-state index is 0.0564. The third-order valence-corrected chi connectivity index (χ3v) is 6.19. The van der Waals surface area contributed by atoms with Crippen LogP contribution in [0.25, 0.3) is 0 Å². The molecular formula is C31H33N5O3. The fourth-order valence-electron chi connectivity index (χ4n) is 4.07. The van der Waals surface area contributed by atoms with E-state index in [4.69, 9.17) is 4.74 Å². The molecule has 4 rings (SSSR count). The quantitative estimate of drug-likeness (QED) is 0.276. The predicted molar refractivity (Wildman–Crippen MR) is 150 cm³/mol. The van der Waals surface area contributed by atoms with Gasteiger partial charge in [-0.05, 0) is 72.9 Å². The number of hydrogen-bond acceptors (Lipinski definition) is 6. The molecule has 1 aromatic carbocycles. The number of rotatable bonds is 12. The molecule has 4 aromatic rings. The Morgan fingerprint density at radius 3 is 2.56 bits per heavy atom.